The third kappa shape index (κ3) is 4.46. The number of carbonyl (C=O) groups excluding carboxylic acids is 4. The van der Waals surface area contributed by atoms with Crippen molar-refractivity contribution in [3.05, 3.63) is 64.7 Å². The van der Waals surface area contributed by atoms with Crippen LogP contribution in [0, 0.1) is 0 Å². The molecule has 0 saturated carbocycles. The number of carbonyl (C=O) groups is 4. The fourth-order valence-corrected chi connectivity index (χ4v) is 3.49. The lowest BCUT2D eigenvalue weighted by molar-refractivity contribution is -0.123. The number of hydrogen-bond acceptors (Lipinski definition) is 5. The van der Waals surface area contributed by atoms with Gasteiger partial charge in [-0.15, -0.1) is 0 Å². The summed E-state index contributed by atoms with van der Waals surface area (Å²) in [5, 5.41) is 5.54. The molecule has 0 bridgehead atoms. The van der Waals surface area contributed by atoms with E-state index in [1.807, 2.05) is 20.8 Å². The Balaban J connectivity index is 1.78. The highest BCUT2D eigenvalue weighted by Crippen LogP contribution is 2.31. The van der Waals surface area contributed by atoms with Gasteiger partial charge in [0.2, 0.25) is 11.8 Å². The van der Waals surface area contributed by atoms with Gasteiger partial charge in [-0.05, 0) is 26.5 Å². The van der Waals surface area contributed by atoms with Crippen molar-refractivity contribution in [2.75, 3.05) is 25.0 Å². The van der Waals surface area contributed by atoms with Gasteiger partial charge in [-0.25, -0.2) is 0 Å². The highest BCUT2D eigenvalue weighted by molar-refractivity contribution is 6.30. The summed E-state index contributed by atoms with van der Waals surface area (Å²) in [5.41, 5.74) is 1.48. The van der Waals surface area contributed by atoms with Gasteiger partial charge in [0, 0.05) is 22.7 Å². The van der Waals surface area contributed by atoms with Gasteiger partial charge in [0.1, 0.15) is 0 Å². The predicted octanol–water partition coefficient (Wildman–Crippen LogP) is 2.25. The number of ketones is 2. The SMILES string of the molecule is CCN(CC(=O)Nc1cccc2c1C(=O)c1ccccc1C2=O)CC(=O)NC(C)C. The molecule has 1 aliphatic carbocycles. The fraction of sp³-hybridized carbons (Fsp3) is 0.304. The average Bonchev–Trinajstić information content (AvgIpc) is 2.70. The highest BCUT2D eigenvalue weighted by atomic mass is 16.2. The summed E-state index contributed by atoms with van der Waals surface area (Å²) in [6.45, 7) is 6.20. The molecule has 2 N–H and O–H groups in total. The van der Waals surface area contributed by atoms with Crippen LogP contribution in [0.5, 0.6) is 0 Å². The summed E-state index contributed by atoms with van der Waals surface area (Å²) in [6, 6.07) is 11.5. The van der Waals surface area contributed by atoms with E-state index in [4.69, 9.17) is 0 Å². The average molecular weight is 407 g/mol. The number of amides is 2. The third-order valence-electron chi connectivity index (χ3n) is 4.86. The second-order valence-corrected chi connectivity index (χ2v) is 7.51. The molecular weight excluding hydrogens is 382 g/mol. The van der Waals surface area contributed by atoms with Crippen LogP contribution < -0.4 is 10.6 Å². The zero-order valence-corrected chi connectivity index (χ0v) is 17.3. The van der Waals surface area contributed by atoms with Crippen molar-refractivity contribution >= 4 is 29.1 Å². The molecule has 2 amide bonds. The normalized spacial score (nSPS) is 12.6. The molecule has 1 aliphatic rings. The zero-order chi connectivity index (χ0) is 21.8. The first kappa shape index (κ1) is 21.4. The summed E-state index contributed by atoms with van der Waals surface area (Å²) >= 11 is 0. The van der Waals surface area contributed by atoms with Crippen LogP contribution in [0.25, 0.3) is 0 Å². The Kier molecular flexibility index (Phi) is 6.42. The first-order valence-corrected chi connectivity index (χ1v) is 9.94. The minimum Gasteiger partial charge on any atom is -0.353 e. The second-order valence-electron chi connectivity index (χ2n) is 7.51. The summed E-state index contributed by atoms with van der Waals surface area (Å²) in [7, 11) is 0. The Labute approximate surface area is 175 Å². The Morgan fingerprint density at radius 1 is 0.867 bits per heavy atom. The van der Waals surface area contributed by atoms with E-state index >= 15 is 0 Å². The molecule has 2 aromatic carbocycles. The molecule has 7 nitrogen and oxygen atoms in total. The first-order valence-electron chi connectivity index (χ1n) is 9.94. The summed E-state index contributed by atoms with van der Waals surface area (Å²) in [5.74, 6) is -1.05. The second kappa shape index (κ2) is 9.00. The molecule has 0 heterocycles. The van der Waals surface area contributed by atoms with E-state index in [0.717, 1.165) is 0 Å². The topological polar surface area (TPSA) is 95.6 Å². The van der Waals surface area contributed by atoms with Crippen LogP contribution in [0.15, 0.2) is 42.5 Å². The molecule has 30 heavy (non-hydrogen) atoms. The smallest absolute Gasteiger partial charge is 0.238 e. The van der Waals surface area contributed by atoms with Crippen LogP contribution in [-0.2, 0) is 9.59 Å². The molecule has 0 aromatic heterocycles. The summed E-state index contributed by atoms with van der Waals surface area (Å²) in [6.07, 6.45) is 0. The van der Waals surface area contributed by atoms with Crippen LogP contribution in [0.3, 0.4) is 0 Å². The van der Waals surface area contributed by atoms with Gasteiger partial charge in [-0.3, -0.25) is 24.1 Å². The van der Waals surface area contributed by atoms with Crippen molar-refractivity contribution in [2.45, 2.75) is 26.8 Å². The zero-order valence-electron chi connectivity index (χ0n) is 17.3. The van der Waals surface area contributed by atoms with Crippen LogP contribution in [0.2, 0.25) is 0 Å². The standard InChI is InChI=1S/C23H25N3O4/c1-4-26(12-19(27)24-14(2)3)13-20(28)25-18-11-7-10-17-21(18)23(30)16-9-6-5-8-15(16)22(17)29/h5-11,14H,4,12-13H2,1-3H3,(H,24,27)(H,25,28). The molecule has 7 heteroatoms. The van der Waals surface area contributed by atoms with E-state index in [1.54, 1.807) is 47.4 Å². The summed E-state index contributed by atoms with van der Waals surface area (Å²) in [4.78, 5) is 52.1. The molecule has 0 spiro atoms. The highest BCUT2D eigenvalue weighted by Gasteiger charge is 2.31. The van der Waals surface area contributed by atoms with Gasteiger partial charge in [0.05, 0.1) is 24.3 Å². The van der Waals surface area contributed by atoms with Crippen LogP contribution in [0.4, 0.5) is 5.69 Å². The van der Waals surface area contributed by atoms with Crippen LogP contribution in [0.1, 0.15) is 52.6 Å². The van der Waals surface area contributed by atoms with Crippen molar-refractivity contribution in [2.24, 2.45) is 0 Å². The molecule has 0 aliphatic heterocycles. The Bertz CT molecular complexity index is 1010. The maximum atomic E-state index is 13.0. The molecule has 0 atom stereocenters. The van der Waals surface area contributed by atoms with Crippen molar-refractivity contribution in [3.63, 3.8) is 0 Å². The Morgan fingerprint density at radius 3 is 2.10 bits per heavy atom. The van der Waals surface area contributed by atoms with Crippen molar-refractivity contribution < 1.29 is 19.2 Å². The number of benzene rings is 2. The number of rotatable bonds is 7. The molecular formula is C23H25N3O4. The van der Waals surface area contributed by atoms with Crippen molar-refractivity contribution in [3.8, 4) is 0 Å². The van der Waals surface area contributed by atoms with Gasteiger partial charge >= 0.3 is 0 Å². The molecule has 0 fully saturated rings. The predicted molar refractivity (Wildman–Crippen MR) is 114 cm³/mol. The van der Waals surface area contributed by atoms with E-state index in [0.29, 0.717) is 23.4 Å². The van der Waals surface area contributed by atoms with E-state index in [2.05, 4.69) is 10.6 Å². The van der Waals surface area contributed by atoms with E-state index in [1.165, 1.54) is 0 Å². The molecule has 0 unspecified atom stereocenters. The van der Waals surface area contributed by atoms with Crippen molar-refractivity contribution in [1.82, 2.24) is 10.2 Å². The van der Waals surface area contributed by atoms with E-state index in [9.17, 15) is 19.2 Å². The Morgan fingerprint density at radius 2 is 1.47 bits per heavy atom. The molecule has 2 aromatic rings. The number of hydrogen-bond donors (Lipinski definition) is 2. The van der Waals surface area contributed by atoms with Crippen LogP contribution >= 0.6 is 0 Å². The fourth-order valence-electron chi connectivity index (χ4n) is 3.49. The number of nitrogens with zero attached hydrogens (tertiary/aromatic N) is 1. The Hall–Kier alpha value is -3.32. The third-order valence-corrected chi connectivity index (χ3v) is 4.86. The van der Waals surface area contributed by atoms with Gasteiger partial charge in [-0.2, -0.15) is 0 Å². The monoisotopic (exact) mass is 407 g/mol. The van der Waals surface area contributed by atoms with E-state index in [-0.39, 0.29) is 53.6 Å². The minimum atomic E-state index is -0.360. The number of nitrogens with one attached hydrogen (secondary N) is 2. The van der Waals surface area contributed by atoms with Gasteiger partial charge in [0.25, 0.3) is 0 Å². The molecule has 3 rings (SSSR count). The maximum Gasteiger partial charge on any atom is 0.238 e. The van der Waals surface area contributed by atoms with Gasteiger partial charge in [-0.1, -0.05) is 43.3 Å². The largest absolute Gasteiger partial charge is 0.353 e. The van der Waals surface area contributed by atoms with Gasteiger partial charge < -0.3 is 10.6 Å². The van der Waals surface area contributed by atoms with Crippen molar-refractivity contribution in [1.29, 1.82) is 0 Å². The van der Waals surface area contributed by atoms with Gasteiger partial charge in [0.15, 0.2) is 11.6 Å². The maximum absolute atomic E-state index is 13.0. The quantitative estimate of drug-likeness (QED) is 0.626. The lowest BCUT2D eigenvalue weighted by Crippen LogP contribution is -2.43. The number of likely N-dealkylation sites (N-methyl/N-ethyl adjacent to an activating group) is 1. The first-order chi connectivity index (χ1) is 14.3. The van der Waals surface area contributed by atoms with Crippen LogP contribution in [-0.4, -0.2) is 54.0 Å². The number of anilines is 1. The van der Waals surface area contributed by atoms with E-state index < -0.39 is 0 Å². The molecule has 0 radical (unpaired) electrons. The number of fused-ring (bicyclic) bond motifs is 2. The molecule has 0 saturated heterocycles. The lowest BCUT2D eigenvalue weighted by Gasteiger charge is -2.22. The lowest BCUT2D eigenvalue weighted by atomic mass is 9.83. The minimum absolute atomic E-state index is 0.00952. The molecule has 156 valence electrons. The summed E-state index contributed by atoms with van der Waals surface area (Å²) < 4.78 is 0.